The van der Waals surface area contributed by atoms with Crippen molar-refractivity contribution in [3.8, 4) is 0 Å². The lowest BCUT2D eigenvalue weighted by atomic mass is 10.2. The predicted molar refractivity (Wildman–Crippen MR) is 70.6 cm³/mol. The van der Waals surface area contributed by atoms with E-state index in [2.05, 4.69) is 15.6 Å². The van der Waals surface area contributed by atoms with Crippen molar-refractivity contribution in [3.05, 3.63) is 18.2 Å². The van der Waals surface area contributed by atoms with Crippen LogP contribution in [-0.2, 0) is 18.4 Å². The van der Waals surface area contributed by atoms with Crippen LogP contribution in [0.3, 0.4) is 0 Å². The van der Waals surface area contributed by atoms with Crippen LogP contribution in [0.15, 0.2) is 12.4 Å². The standard InChI is InChI=1S/C10H16N4O.2ClH/c1-14-6-5-12-9(14)7-13-10(15)8-3-2-4-11-8;;/h5-6,8,11H,2-4,7H2,1H3,(H,13,15);2*1H. The van der Waals surface area contributed by atoms with Gasteiger partial charge in [0.05, 0.1) is 12.6 Å². The number of carbonyl (C=O) groups is 1. The molecule has 0 radical (unpaired) electrons. The summed E-state index contributed by atoms with van der Waals surface area (Å²) in [6.45, 7) is 1.45. The number of aromatic nitrogens is 2. The number of amides is 1. The summed E-state index contributed by atoms with van der Waals surface area (Å²) in [5, 5.41) is 6.04. The van der Waals surface area contributed by atoms with Gasteiger partial charge in [-0.25, -0.2) is 4.98 Å². The van der Waals surface area contributed by atoms with Gasteiger partial charge in [0.25, 0.3) is 0 Å². The van der Waals surface area contributed by atoms with Crippen molar-refractivity contribution in [1.29, 1.82) is 0 Å². The summed E-state index contributed by atoms with van der Waals surface area (Å²) in [7, 11) is 1.92. The Balaban J connectivity index is 0.00000128. The van der Waals surface area contributed by atoms with E-state index in [1.54, 1.807) is 6.20 Å². The number of rotatable bonds is 3. The highest BCUT2D eigenvalue weighted by atomic mass is 35.5. The highest BCUT2D eigenvalue weighted by Crippen LogP contribution is 2.04. The number of nitrogens with zero attached hydrogens (tertiary/aromatic N) is 2. The van der Waals surface area contributed by atoms with E-state index in [9.17, 15) is 4.79 Å². The number of hydrogen-bond acceptors (Lipinski definition) is 3. The Morgan fingerprint density at radius 2 is 2.41 bits per heavy atom. The van der Waals surface area contributed by atoms with Crippen LogP contribution < -0.4 is 10.6 Å². The van der Waals surface area contributed by atoms with E-state index in [1.165, 1.54) is 0 Å². The largest absolute Gasteiger partial charge is 0.348 e. The smallest absolute Gasteiger partial charge is 0.237 e. The Kier molecular flexibility index (Phi) is 7.18. The van der Waals surface area contributed by atoms with Crippen LogP contribution in [0.4, 0.5) is 0 Å². The van der Waals surface area contributed by atoms with E-state index < -0.39 is 0 Å². The second kappa shape index (κ2) is 7.53. The minimum atomic E-state index is -0.00901. The first-order valence-corrected chi connectivity index (χ1v) is 5.24. The first-order valence-electron chi connectivity index (χ1n) is 5.24. The number of imidazole rings is 1. The molecule has 2 rings (SSSR count). The van der Waals surface area contributed by atoms with Gasteiger partial charge >= 0.3 is 0 Å². The third-order valence-corrected chi connectivity index (χ3v) is 2.72. The molecule has 1 atom stereocenters. The van der Waals surface area contributed by atoms with E-state index in [4.69, 9.17) is 0 Å². The third-order valence-electron chi connectivity index (χ3n) is 2.72. The summed E-state index contributed by atoms with van der Waals surface area (Å²) < 4.78 is 1.91. The summed E-state index contributed by atoms with van der Waals surface area (Å²) in [6, 6.07) is -0.00901. The van der Waals surface area contributed by atoms with Gasteiger partial charge in [-0.1, -0.05) is 0 Å². The van der Waals surface area contributed by atoms with Crippen molar-refractivity contribution in [3.63, 3.8) is 0 Å². The summed E-state index contributed by atoms with van der Waals surface area (Å²) in [6.07, 6.45) is 5.62. The molecule has 1 aromatic heterocycles. The lowest BCUT2D eigenvalue weighted by Gasteiger charge is -2.10. The SMILES string of the molecule is Cl.Cl.Cn1ccnc1CNC(=O)C1CCCN1. The topological polar surface area (TPSA) is 59.0 Å². The van der Waals surface area contributed by atoms with Gasteiger partial charge in [0.2, 0.25) is 5.91 Å². The lowest BCUT2D eigenvalue weighted by molar-refractivity contribution is -0.123. The Morgan fingerprint density at radius 1 is 1.65 bits per heavy atom. The minimum Gasteiger partial charge on any atom is -0.348 e. The molecule has 17 heavy (non-hydrogen) atoms. The fourth-order valence-electron chi connectivity index (χ4n) is 1.76. The van der Waals surface area contributed by atoms with Crippen LogP contribution >= 0.6 is 24.8 Å². The molecule has 1 aromatic rings. The van der Waals surface area contributed by atoms with E-state index in [-0.39, 0.29) is 36.8 Å². The molecule has 0 bridgehead atoms. The molecule has 2 N–H and O–H groups in total. The van der Waals surface area contributed by atoms with Crippen molar-refractivity contribution < 1.29 is 4.79 Å². The Hall–Kier alpha value is -0.780. The van der Waals surface area contributed by atoms with Gasteiger partial charge in [0.15, 0.2) is 0 Å². The number of nitrogens with one attached hydrogen (secondary N) is 2. The number of aryl methyl sites for hydroxylation is 1. The van der Waals surface area contributed by atoms with Crippen molar-refractivity contribution in [1.82, 2.24) is 20.2 Å². The third kappa shape index (κ3) is 4.18. The fourth-order valence-corrected chi connectivity index (χ4v) is 1.76. The van der Waals surface area contributed by atoms with Gasteiger partial charge in [0, 0.05) is 19.4 Å². The fraction of sp³-hybridized carbons (Fsp3) is 0.600. The van der Waals surface area contributed by atoms with Gasteiger partial charge in [-0.2, -0.15) is 0 Å². The quantitative estimate of drug-likeness (QED) is 0.854. The average Bonchev–Trinajstić information content (AvgIpc) is 2.85. The van der Waals surface area contributed by atoms with Crippen LogP contribution in [0.5, 0.6) is 0 Å². The molecule has 0 aromatic carbocycles. The number of hydrogen-bond donors (Lipinski definition) is 2. The predicted octanol–water partition coefficient (Wildman–Crippen LogP) is 0.632. The van der Waals surface area contributed by atoms with Crippen LogP contribution in [-0.4, -0.2) is 28.0 Å². The summed E-state index contributed by atoms with van der Waals surface area (Å²) in [5.41, 5.74) is 0. The Bertz CT molecular complexity index is 350. The molecule has 5 nitrogen and oxygen atoms in total. The first-order chi connectivity index (χ1) is 7.27. The molecule has 1 aliphatic heterocycles. The zero-order valence-electron chi connectivity index (χ0n) is 9.68. The molecular formula is C10H18Cl2N4O. The second-order valence-electron chi connectivity index (χ2n) is 3.82. The second-order valence-corrected chi connectivity index (χ2v) is 3.82. The maximum atomic E-state index is 11.6. The molecular weight excluding hydrogens is 263 g/mol. The van der Waals surface area contributed by atoms with Crippen molar-refractivity contribution in [2.45, 2.75) is 25.4 Å². The van der Waals surface area contributed by atoms with E-state index in [0.29, 0.717) is 6.54 Å². The van der Waals surface area contributed by atoms with E-state index >= 15 is 0 Å². The summed E-state index contributed by atoms with van der Waals surface area (Å²) in [5.74, 6) is 0.955. The van der Waals surface area contributed by atoms with Crippen molar-refractivity contribution in [2.24, 2.45) is 7.05 Å². The summed E-state index contributed by atoms with van der Waals surface area (Å²) >= 11 is 0. The highest BCUT2D eigenvalue weighted by Gasteiger charge is 2.21. The molecule has 2 heterocycles. The Labute approximate surface area is 113 Å². The molecule has 98 valence electrons. The molecule has 1 saturated heterocycles. The molecule has 0 aliphatic carbocycles. The first kappa shape index (κ1) is 16.2. The number of carbonyl (C=O) groups excluding carboxylic acids is 1. The van der Waals surface area contributed by atoms with Crippen LogP contribution in [0.25, 0.3) is 0 Å². The normalized spacial score (nSPS) is 18.1. The van der Waals surface area contributed by atoms with Crippen molar-refractivity contribution >= 4 is 30.7 Å². The molecule has 0 saturated carbocycles. The van der Waals surface area contributed by atoms with Gasteiger partial charge in [0.1, 0.15) is 5.82 Å². The van der Waals surface area contributed by atoms with Crippen LogP contribution in [0.1, 0.15) is 18.7 Å². The van der Waals surface area contributed by atoms with E-state index in [0.717, 1.165) is 25.2 Å². The van der Waals surface area contributed by atoms with Crippen LogP contribution in [0.2, 0.25) is 0 Å². The van der Waals surface area contributed by atoms with Gasteiger partial charge in [-0.15, -0.1) is 24.8 Å². The number of halogens is 2. The molecule has 1 amide bonds. The summed E-state index contributed by atoms with van der Waals surface area (Å²) in [4.78, 5) is 15.8. The van der Waals surface area contributed by atoms with Gasteiger partial charge < -0.3 is 15.2 Å². The van der Waals surface area contributed by atoms with E-state index in [1.807, 2.05) is 17.8 Å². The van der Waals surface area contributed by atoms with Crippen LogP contribution in [0, 0.1) is 0 Å². The molecule has 1 aliphatic rings. The van der Waals surface area contributed by atoms with Gasteiger partial charge in [-0.05, 0) is 19.4 Å². The average molecular weight is 281 g/mol. The zero-order valence-corrected chi connectivity index (χ0v) is 11.3. The van der Waals surface area contributed by atoms with Crippen molar-refractivity contribution in [2.75, 3.05) is 6.54 Å². The maximum absolute atomic E-state index is 11.6. The lowest BCUT2D eigenvalue weighted by Crippen LogP contribution is -2.40. The maximum Gasteiger partial charge on any atom is 0.237 e. The minimum absolute atomic E-state index is 0. The monoisotopic (exact) mass is 280 g/mol. The molecule has 0 spiro atoms. The Morgan fingerprint density at radius 3 is 2.94 bits per heavy atom. The molecule has 1 unspecified atom stereocenters. The zero-order chi connectivity index (χ0) is 10.7. The molecule has 1 fully saturated rings. The highest BCUT2D eigenvalue weighted by molar-refractivity contribution is 5.85. The van der Waals surface area contributed by atoms with Gasteiger partial charge in [-0.3, -0.25) is 4.79 Å². The molecule has 7 heteroatoms.